The van der Waals surface area contributed by atoms with Crippen LogP contribution in [0.5, 0.6) is 0 Å². The largest absolute Gasteiger partial charge is 0.462 e. The second-order valence-electron chi connectivity index (χ2n) is 8.26. The van der Waals surface area contributed by atoms with E-state index in [4.69, 9.17) is 4.74 Å². The SMILES string of the molecule is CCCCOC(=O)c1ccc(NC(=O)C(C)Sc2ccc(NS(=O)(=O)c3ccc(C)cc3)cc2)cc1. The first-order chi connectivity index (χ1) is 17.2. The van der Waals surface area contributed by atoms with Crippen molar-refractivity contribution in [1.82, 2.24) is 0 Å². The third kappa shape index (κ3) is 7.86. The van der Waals surface area contributed by atoms with Gasteiger partial charge in [-0.1, -0.05) is 31.0 Å². The van der Waals surface area contributed by atoms with Crippen LogP contribution in [0.1, 0.15) is 42.6 Å². The summed E-state index contributed by atoms with van der Waals surface area (Å²) in [6.07, 6.45) is 1.77. The van der Waals surface area contributed by atoms with Gasteiger partial charge in [0, 0.05) is 16.3 Å². The number of aryl methyl sites for hydroxylation is 1. The molecule has 190 valence electrons. The highest BCUT2D eigenvalue weighted by Gasteiger charge is 2.17. The number of rotatable bonds is 11. The van der Waals surface area contributed by atoms with Crippen LogP contribution >= 0.6 is 11.8 Å². The molecule has 3 rings (SSSR count). The lowest BCUT2D eigenvalue weighted by atomic mass is 10.2. The Morgan fingerprint density at radius 2 is 1.53 bits per heavy atom. The van der Waals surface area contributed by atoms with Crippen LogP contribution in [-0.2, 0) is 19.6 Å². The average Bonchev–Trinajstić information content (AvgIpc) is 2.86. The monoisotopic (exact) mass is 526 g/mol. The van der Waals surface area contributed by atoms with Crippen LogP contribution in [0.25, 0.3) is 0 Å². The van der Waals surface area contributed by atoms with Gasteiger partial charge in [-0.05, 0) is 80.9 Å². The number of esters is 1. The molecule has 0 radical (unpaired) electrons. The first-order valence-corrected chi connectivity index (χ1v) is 14.0. The molecule has 0 spiro atoms. The summed E-state index contributed by atoms with van der Waals surface area (Å²) >= 11 is 1.35. The molecule has 1 atom stereocenters. The summed E-state index contributed by atoms with van der Waals surface area (Å²) in [6, 6.07) is 20.1. The number of hydrogen-bond donors (Lipinski definition) is 2. The molecule has 0 fully saturated rings. The van der Waals surface area contributed by atoms with Gasteiger partial charge in [0.05, 0.1) is 22.3 Å². The van der Waals surface area contributed by atoms with Crippen LogP contribution in [0.3, 0.4) is 0 Å². The lowest BCUT2D eigenvalue weighted by molar-refractivity contribution is -0.115. The number of unbranched alkanes of at least 4 members (excludes halogenated alkanes) is 1. The fraction of sp³-hybridized carbons (Fsp3) is 0.259. The molecule has 7 nitrogen and oxygen atoms in total. The number of benzene rings is 3. The van der Waals surface area contributed by atoms with Gasteiger partial charge in [0.1, 0.15) is 0 Å². The second kappa shape index (κ2) is 12.6. The van der Waals surface area contributed by atoms with E-state index in [-0.39, 0.29) is 16.8 Å². The van der Waals surface area contributed by atoms with E-state index in [1.54, 1.807) is 79.7 Å². The van der Waals surface area contributed by atoms with Gasteiger partial charge >= 0.3 is 5.97 Å². The summed E-state index contributed by atoms with van der Waals surface area (Å²) in [4.78, 5) is 25.6. The van der Waals surface area contributed by atoms with Crippen molar-refractivity contribution >= 4 is 45.0 Å². The van der Waals surface area contributed by atoms with Crippen molar-refractivity contribution < 1.29 is 22.7 Å². The number of carbonyl (C=O) groups excluding carboxylic acids is 2. The van der Waals surface area contributed by atoms with E-state index in [0.29, 0.717) is 23.5 Å². The molecule has 3 aromatic carbocycles. The van der Waals surface area contributed by atoms with Gasteiger partial charge in [-0.15, -0.1) is 11.8 Å². The summed E-state index contributed by atoms with van der Waals surface area (Å²) in [5, 5.41) is 2.44. The Hall–Kier alpha value is -3.30. The molecular weight excluding hydrogens is 496 g/mol. The molecular formula is C27H30N2O5S2. The summed E-state index contributed by atoms with van der Waals surface area (Å²) in [6.45, 7) is 6.10. The highest BCUT2D eigenvalue weighted by molar-refractivity contribution is 8.00. The van der Waals surface area contributed by atoms with Crippen LogP contribution in [0.2, 0.25) is 0 Å². The van der Waals surface area contributed by atoms with Crippen LogP contribution in [-0.4, -0.2) is 32.2 Å². The zero-order chi connectivity index (χ0) is 26.1. The third-order valence-electron chi connectivity index (χ3n) is 5.24. The standard InChI is InChI=1S/C27H30N2O5S2/c1-4-5-18-34-27(31)21-8-10-22(11-9-21)28-26(30)20(3)35-24-14-12-23(13-15-24)29-36(32,33)25-16-6-19(2)7-17-25/h6-17,20,29H,4-5,18H2,1-3H3,(H,28,30). The molecule has 9 heteroatoms. The Morgan fingerprint density at radius 1 is 0.917 bits per heavy atom. The first-order valence-electron chi connectivity index (χ1n) is 11.6. The summed E-state index contributed by atoms with van der Waals surface area (Å²) in [5.74, 6) is -0.572. The van der Waals surface area contributed by atoms with Gasteiger partial charge in [0.2, 0.25) is 5.91 Å². The van der Waals surface area contributed by atoms with Gasteiger partial charge in [0.25, 0.3) is 10.0 Å². The van der Waals surface area contributed by atoms with E-state index in [9.17, 15) is 18.0 Å². The number of thioether (sulfide) groups is 1. The van der Waals surface area contributed by atoms with E-state index >= 15 is 0 Å². The fourth-order valence-electron chi connectivity index (χ4n) is 3.12. The zero-order valence-corrected chi connectivity index (χ0v) is 22.1. The van der Waals surface area contributed by atoms with Crippen molar-refractivity contribution in [2.75, 3.05) is 16.6 Å². The van der Waals surface area contributed by atoms with Gasteiger partial charge < -0.3 is 10.1 Å². The van der Waals surface area contributed by atoms with Crippen molar-refractivity contribution in [2.24, 2.45) is 0 Å². The maximum atomic E-state index is 12.6. The topological polar surface area (TPSA) is 102 Å². The summed E-state index contributed by atoms with van der Waals surface area (Å²) in [5.41, 5.74) is 2.43. The van der Waals surface area contributed by atoms with E-state index in [2.05, 4.69) is 10.0 Å². The lowest BCUT2D eigenvalue weighted by Crippen LogP contribution is -2.22. The van der Waals surface area contributed by atoms with Crippen molar-refractivity contribution in [1.29, 1.82) is 0 Å². The van der Waals surface area contributed by atoms with E-state index < -0.39 is 15.3 Å². The first kappa shape index (κ1) is 27.3. The second-order valence-corrected chi connectivity index (χ2v) is 11.4. The summed E-state index contributed by atoms with van der Waals surface area (Å²) < 4.78 is 32.9. The molecule has 36 heavy (non-hydrogen) atoms. The maximum Gasteiger partial charge on any atom is 0.338 e. The number of nitrogens with one attached hydrogen (secondary N) is 2. The molecule has 0 aromatic heterocycles. The lowest BCUT2D eigenvalue weighted by Gasteiger charge is -2.13. The molecule has 0 bridgehead atoms. The van der Waals surface area contributed by atoms with Crippen molar-refractivity contribution in [2.45, 2.75) is 48.7 Å². The van der Waals surface area contributed by atoms with Gasteiger partial charge in [-0.2, -0.15) is 0 Å². The molecule has 2 N–H and O–H groups in total. The fourth-order valence-corrected chi connectivity index (χ4v) is 5.04. The van der Waals surface area contributed by atoms with Crippen molar-refractivity contribution in [3.05, 3.63) is 83.9 Å². The predicted molar refractivity (Wildman–Crippen MR) is 144 cm³/mol. The number of sulfonamides is 1. The molecule has 0 heterocycles. The number of amides is 1. The number of hydrogen-bond acceptors (Lipinski definition) is 6. The maximum absolute atomic E-state index is 12.6. The highest BCUT2D eigenvalue weighted by Crippen LogP contribution is 2.26. The Kier molecular flexibility index (Phi) is 9.55. The Morgan fingerprint density at radius 3 is 2.14 bits per heavy atom. The smallest absolute Gasteiger partial charge is 0.338 e. The minimum atomic E-state index is -3.68. The average molecular weight is 527 g/mol. The number of carbonyl (C=O) groups is 2. The molecule has 3 aromatic rings. The molecule has 0 saturated heterocycles. The quantitative estimate of drug-likeness (QED) is 0.184. The van der Waals surface area contributed by atoms with Gasteiger partial charge in [-0.25, -0.2) is 13.2 Å². The minimum Gasteiger partial charge on any atom is -0.462 e. The van der Waals surface area contributed by atoms with Crippen molar-refractivity contribution in [3.8, 4) is 0 Å². The third-order valence-corrected chi connectivity index (χ3v) is 7.75. The Balaban J connectivity index is 1.53. The zero-order valence-electron chi connectivity index (χ0n) is 20.5. The van der Waals surface area contributed by atoms with Crippen molar-refractivity contribution in [3.63, 3.8) is 0 Å². The molecule has 0 aliphatic rings. The van der Waals surface area contributed by atoms with E-state index in [1.165, 1.54) is 11.8 Å². The molecule has 0 saturated carbocycles. The molecule has 0 aliphatic carbocycles. The van der Waals surface area contributed by atoms with Gasteiger partial charge in [-0.3, -0.25) is 9.52 Å². The normalized spacial score (nSPS) is 12.0. The van der Waals surface area contributed by atoms with Crippen LogP contribution in [0.4, 0.5) is 11.4 Å². The Labute approximate surface area is 216 Å². The van der Waals surface area contributed by atoms with Crippen LogP contribution < -0.4 is 10.0 Å². The van der Waals surface area contributed by atoms with E-state index in [0.717, 1.165) is 23.3 Å². The summed E-state index contributed by atoms with van der Waals surface area (Å²) in [7, 11) is -3.68. The molecule has 1 unspecified atom stereocenters. The van der Waals surface area contributed by atoms with E-state index in [1.807, 2.05) is 13.8 Å². The minimum absolute atomic E-state index is 0.192. The van der Waals surface area contributed by atoms with Crippen LogP contribution in [0, 0.1) is 6.92 Å². The van der Waals surface area contributed by atoms with Crippen LogP contribution in [0.15, 0.2) is 82.6 Å². The highest BCUT2D eigenvalue weighted by atomic mass is 32.2. The Bertz CT molecular complexity index is 1270. The predicted octanol–water partition coefficient (Wildman–Crippen LogP) is 5.87. The van der Waals surface area contributed by atoms with Gasteiger partial charge in [0.15, 0.2) is 0 Å². The number of ether oxygens (including phenoxy) is 1. The molecule has 0 aliphatic heterocycles. The number of anilines is 2. The molecule has 1 amide bonds.